The Morgan fingerprint density at radius 2 is 1.70 bits per heavy atom. The zero-order chi connectivity index (χ0) is 24.2. The molecule has 0 unspecified atom stereocenters. The fraction of sp³-hybridized carbons (Fsp3) is 0.208. The van der Waals surface area contributed by atoms with Gasteiger partial charge in [0.25, 0.3) is 0 Å². The van der Waals surface area contributed by atoms with Crippen LogP contribution in [0.2, 0.25) is 0 Å². The predicted octanol–water partition coefficient (Wildman–Crippen LogP) is 5.52. The maximum absolute atomic E-state index is 12.7. The van der Waals surface area contributed by atoms with Crippen LogP contribution in [0.25, 0.3) is 11.1 Å². The van der Waals surface area contributed by atoms with Crippen LogP contribution in [-0.2, 0) is 9.53 Å². The Kier molecular flexibility index (Phi) is 7.01. The summed E-state index contributed by atoms with van der Waals surface area (Å²) in [6.45, 7) is 3.40. The molecule has 0 radical (unpaired) electrons. The average molecular weight is 457 g/mol. The van der Waals surface area contributed by atoms with Gasteiger partial charge in [0.2, 0.25) is 0 Å². The van der Waals surface area contributed by atoms with E-state index in [0.717, 1.165) is 11.1 Å². The summed E-state index contributed by atoms with van der Waals surface area (Å²) in [7, 11) is 1.32. The number of benzene rings is 2. The van der Waals surface area contributed by atoms with Gasteiger partial charge in [-0.25, -0.2) is 9.78 Å². The molecule has 9 heteroatoms. The molecular formula is C24H22F3N3O3. The van der Waals surface area contributed by atoms with Crippen molar-refractivity contribution in [3.63, 3.8) is 0 Å². The molecule has 0 bridgehead atoms. The number of methoxy groups -OCH3 is 1. The lowest BCUT2D eigenvalue weighted by Gasteiger charge is -2.20. The van der Waals surface area contributed by atoms with Crippen molar-refractivity contribution < 1.29 is 27.5 Å². The quantitative estimate of drug-likeness (QED) is 0.477. The third kappa shape index (κ3) is 5.49. The average Bonchev–Trinajstić information content (AvgIpc) is 2.80. The number of anilines is 2. The van der Waals surface area contributed by atoms with E-state index in [1.807, 2.05) is 48.6 Å². The summed E-state index contributed by atoms with van der Waals surface area (Å²) in [6.07, 6.45) is -3.57. The molecule has 0 aliphatic rings. The summed E-state index contributed by atoms with van der Waals surface area (Å²) in [4.78, 5) is 27.6. The summed E-state index contributed by atoms with van der Waals surface area (Å²) in [6, 6.07) is 15.6. The number of carbonyl (C=O) groups is 2. The van der Waals surface area contributed by atoms with Crippen molar-refractivity contribution >= 4 is 23.4 Å². The van der Waals surface area contributed by atoms with Crippen LogP contribution in [0.15, 0.2) is 60.8 Å². The summed E-state index contributed by atoms with van der Waals surface area (Å²) >= 11 is 0. The lowest BCUT2D eigenvalue weighted by atomic mass is 9.97. The number of hydrogen-bond acceptors (Lipinski definition) is 5. The predicted molar refractivity (Wildman–Crippen MR) is 119 cm³/mol. The first-order valence-corrected chi connectivity index (χ1v) is 9.99. The second-order valence-corrected chi connectivity index (χ2v) is 7.33. The molecule has 0 aliphatic carbocycles. The number of pyridine rings is 1. The van der Waals surface area contributed by atoms with Crippen molar-refractivity contribution in [2.45, 2.75) is 26.1 Å². The van der Waals surface area contributed by atoms with Gasteiger partial charge in [-0.1, -0.05) is 42.5 Å². The Labute approximate surface area is 188 Å². The number of aromatic nitrogens is 1. The van der Waals surface area contributed by atoms with E-state index in [-0.39, 0.29) is 17.5 Å². The maximum Gasteiger partial charge on any atom is 0.471 e. The van der Waals surface area contributed by atoms with Gasteiger partial charge < -0.3 is 15.4 Å². The fourth-order valence-corrected chi connectivity index (χ4v) is 3.27. The van der Waals surface area contributed by atoms with Crippen molar-refractivity contribution in [1.29, 1.82) is 0 Å². The molecule has 3 aromatic rings. The van der Waals surface area contributed by atoms with Crippen LogP contribution in [0.5, 0.6) is 0 Å². The van der Waals surface area contributed by atoms with Gasteiger partial charge in [-0.15, -0.1) is 0 Å². The zero-order valence-electron chi connectivity index (χ0n) is 18.2. The molecule has 172 valence electrons. The molecular weight excluding hydrogens is 435 g/mol. The lowest BCUT2D eigenvalue weighted by Crippen LogP contribution is -2.30. The van der Waals surface area contributed by atoms with Crippen molar-refractivity contribution in [2.75, 3.05) is 17.7 Å². The number of nitrogens with zero attached hydrogens (tertiary/aromatic N) is 1. The van der Waals surface area contributed by atoms with E-state index < -0.39 is 18.1 Å². The van der Waals surface area contributed by atoms with E-state index >= 15 is 0 Å². The number of rotatable bonds is 6. The molecule has 3 rings (SSSR count). The monoisotopic (exact) mass is 457 g/mol. The number of esters is 1. The minimum atomic E-state index is -5.01. The first-order chi connectivity index (χ1) is 15.6. The molecule has 0 aliphatic heterocycles. The second kappa shape index (κ2) is 9.72. The van der Waals surface area contributed by atoms with Gasteiger partial charge >= 0.3 is 18.1 Å². The van der Waals surface area contributed by atoms with E-state index in [1.54, 1.807) is 19.1 Å². The Bertz CT molecular complexity index is 1160. The summed E-state index contributed by atoms with van der Waals surface area (Å²) in [5, 5.41) is 4.95. The van der Waals surface area contributed by atoms with E-state index in [9.17, 15) is 22.8 Å². The number of nitrogens with one attached hydrogen (secondary N) is 2. The molecule has 1 atom stereocenters. The first kappa shape index (κ1) is 23.8. The Morgan fingerprint density at radius 1 is 1.03 bits per heavy atom. The molecule has 0 saturated carbocycles. The number of carbonyl (C=O) groups excluding carboxylic acids is 2. The normalized spacial score (nSPS) is 12.1. The van der Waals surface area contributed by atoms with Crippen molar-refractivity contribution in [1.82, 2.24) is 4.98 Å². The second-order valence-electron chi connectivity index (χ2n) is 7.33. The van der Waals surface area contributed by atoms with Gasteiger partial charge in [0.05, 0.1) is 24.4 Å². The van der Waals surface area contributed by atoms with Crippen LogP contribution in [0.4, 0.5) is 24.7 Å². The molecule has 1 amide bonds. The van der Waals surface area contributed by atoms with Crippen LogP contribution < -0.4 is 10.6 Å². The highest BCUT2D eigenvalue weighted by atomic mass is 19.4. The van der Waals surface area contributed by atoms with E-state index in [2.05, 4.69) is 10.3 Å². The molecule has 0 saturated heterocycles. The SMILES string of the molecule is COC(=O)c1ccccc1-c1ccc([C@@H](C)Nc2nccc(C)c2NC(=O)C(F)(F)F)cc1. The topological polar surface area (TPSA) is 80.3 Å². The van der Waals surface area contributed by atoms with Crippen LogP contribution in [0.3, 0.4) is 0 Å². The van der Waals surface area contributed by atoms with Gasteiger partial charge in [0, 0.05) is 6.20 Å². The van der Waals surface area contributed by atoms with E-state index in [1.165, 1.54) is 19.4 Å². The highest BCUT2D eigenvalue weighted by molar-refractivity contribution is 5.98. The number of aryl methyl sites for hydroxylation is 1. The molecule has 0 spiro atoms. The number of ether oxygens (including phenoxy) is 1. The van der Waals surface area contributed by atoms with Gasteiger partial charge in [-0.2, -0.15) is 13.2 Å². The van der Waals surface area contributed by atoms with Crippen molar-refractivity contribution in [2.24, 2.45) is 0 Å². The Hall–Kier alpha value is -3.88. The van der Waals surface area contributed by atoms with Crippen molar-refractivity contribution in [3.05, 3.63) is 77.5 Å². The fourth-order valence-electron chi connectivity index (χ4n) is 3.27. The van der Waals surface area contributed by atoms with Gasteiger partial charge in [-0.05, 0) is 48.2 Å². The third-order valence-electron chi connectivity index (χ3n) is 5.06. The van der Waals surface area contributed by atoms with Gasteiger partial charge in [0.1, 0.15) is 0 Å². The summed E-state index contributed by atoms with van der Waals surface area (Å²) in [5.74, 6) is -2.38. The smallest absolute Gasteiger partial charge is 0.465 e. The zero-order valence-corrected chi connectivity index (χ0v) is 18.2. The minimum absolute atomic E-state index is 0.0321. The molecule has 33 heavy (non-hydrogen) atoms. The van der Waals surface area contributed by atoms with E-state index in [0.29, 0.717) is 16.7 Å². The standard InChI is InChI=1S/C24H22F3N3O3/c1-14-12-13-28-21(20(14)30-23(32)24(25,26)27)29-15(2)16-8-10-17(11-9-16)18-6-4-5-7-19(18)22(31)33-3/h4-13,15H,1-3H3,(H,28,29)(H,30,32)/t15-/m1/s1. The largest absolute Gasteiger partial charge is 0.471 e. The molecule has 2 N–H and O–H groups in total. The first-order valence-electron chi connectivity index (χ1n) is 9.99. The lowest BCUT2D eigenvalue weighted by molar-refractivity contribution is -0.167. The van der Waals surface area contributed by atoms with Crippen LogP contribution >= 0.6 is 0 Å². The molecule has 6 nitrogen and oxygen atoms in total. The molecule has 1 aromatic heterocycles. The highest BCUT2D eigenvalue weighted by Crippen LogP contribution is 2.30. The maximum atomic E-state index is 12.7. The molecule has 1 heterocycles. The molecule has 0 fully saturated rings. The van der Waals surface area contributed by atoms with Crippen molar-refractivity contribution in [3.8, 4) is 11.1 Å². The Balaban J connectivity index is 1.83. The van der Waals surface area contributed by atoms with E-state index in [4.69, 9.17) is 4.74 Å². The number of amides is 1. The van der Waals surface area contributed by atoms with Gasteiger partial charge in [-0.3, -0.25) is 4.79 Å². The summed E-state index contributed by atoms with van der Waals surface area (Å²) < 4.78 is 43.0. The summed E-state index contributed by atoms with van der Waals surface area (Å²) in [5.41, 5.74) is 3.19. The van der Waals surface area contributed by atoms with Gasteiger partial charge in [0.15, 0.2) is 5.82 Å². The van der Waals surface area contributed by atoms with Crippen LogP contribution in [-0.4, -0.2) is 30.1 Å². The number of alkyl halides is 3. The van der Waals surface area contributed by atoms with Crippen LogP contribution in [0, 0.1) is 6.92 Å². The minimum Gasteiger partial charge on any atom is -0.465 e. The highest BCUT2D eigenvalue weighted by Gasteiger charge is 2.39. The number of hydrogen-bond donors (Lipinski definition) is 2. The third-order valence-corrected chi connectivity index (χ3v) is 5.06. The van der Waals surface area contributed by atoms with Crippen LogP contribution in [0.1, 0.15) is 34.5 Å². The Morgan fingerprint density at radius 3 is 2.33 bits per heavy atom. The number of halogens is 3. The molecule has 2 aromatic carbocycles.